The van der Waals surface area contributed by atoms with E-state index in [1.165, 1.54) is 12.1 Å². The summed E-state index contributed by atoms with van der Waals surface area (Å²) in [7, 11) is 0. The van der Waals surface area contributed by atoms with Gasteiger partial charge >= 0.3 is 24.1 Å². The molecule has 0 aromatic heterocycles. The molecule has 202 valence electrons. The van der Waals surface area contributed by atoms with Crippen LogP contribution in [0.4, 0.5) is 4.79 Å². The van der Waals surface area contributed by atoms with Gasteiger partial charge in [-0.1, -0.05) is 33.8 Å². The topological polar surface area (TPSA) is 140 Å². The van der Waals surface area contributed by atoms with Gasteiger partial charge in [-0.05, 0) is 56.2 Å². The van der Waals surface area contributed by atoms with Crippen LogP contribution in [-0.2, 0) is 35.0 Å². The highest BCUT2D eigenvalue weighted by Crippen LogP contribution is 2.30. The van der Waals surface area contributed by atoms with E-state index in [0.717, 1.165) is 6.42 Å². The van der Waals surface area contributed by atoms with E-state index in [1.54, 1.807) is 13.0 Å². The number of benzene rings is 1. The molecule has 0 heterocycles. The third-order valence-electron chi connectivity index (χ3n) is 4.79. The van der Waals surface area contributed by atoms with Crippen LogP contribution in [0.15, 0.2) is 18.2 Å². The van der Waals surface area contributed by atoms with Gasteiger partial charge in [-0.15, -0.1) is 0 Å². The predicted octanol–water partition coefficient (Wildman–Crippen LogP) is 4.10. The summed E-state index contributed by atoms with van der Waals surface area (Å²) in [6, 6.07) is 3.60. The Balaban J connectivity index is 2.71. The maximum atomic E-state index is 12.4. The highest BCUT2D eigenvalue weighted by Gasteiger charge is 2.21. The molecular formula is C26H39NO9. The summed E-state index contributed by atoms with van der Waals surface area (Å²) in [5.74, 6) is -1.02. The quantitative estimate of drug-likeness (QED) is 0.271. The minimum atomic E-state index is -1.03. The molecule has 1 rings (SSSR count). The molecule has 0 bridgehead atoms. The van der Waals surface area contributed by atoms with Gasteiger partial charge in [-0.25, -0.2) is 4.79 Å². The average molecular weight is 510 g/mol. The minimum Gasteiger partial charge on any atom is -0.458 e. The van der Waals surface area contributed by atoms with Gasteiger partial charge < -0.3 is 29.4 Å². The van der Waals surface area contributed by atoms with Gasteiger partial charge in [0.1, 0.15) is 18.8 Å². The van der Waals surface area contributed by atoms with Crippen molar-refractivity contribution in [2.24, 2.45) is 11.7 Å². The van der Waals surface area contributed by atoms with Crippen molar-refractivity contribution in [3.05, 3.63) is 23.8 Å². The number of carbonyl (C=O) groups is 4. The molecule has 0 aliphatic heterocycles. The summed E-state index contributed by atoms with van der Waals surface area (Å²) >= 11 is 0. The molecule has 0 saturated carbocycles. The number of ether oxygens (including phenoxy) is 5. The smallest absolute Gasteiger partial charge is 0.458 e. The van der Waals surface area contributed by atoms with Crippen molar-refractivity contribution >= 4 is 24.1 Å². The summed E-state index contributed by atoms with van der Waals surface area (Å²) in [4.78, 5) is 48.0. The Bertz CT molecular complexity index is 869. The minimum absolute atomic E-state index is 0.0746. The van der Waals surface area contributed by atoms with E-state index in [2.05, 4.69) is 0 Å². The fraction of sp³-hybridized carbons (Fsp3) is 0.615. The number of hydrogen-bond donors (Lipinski definition) is 1. The fourth-order valence-corrected chi connectivity index (χ4v) is 2.86. The van der Waals surface area contributed by atoms with Crippen LogP contribution in [0.3, 0.4) is 0 Å². The molecule has 0 saturated heterocycles. The molecule has 0 spiro atoms. The van der Waals surface area contributed by atoms with Crippen LogP contribution in [0, 0.1) is 5.92 Å². The van der Waals surface area contributed by atoms with Gasteiger partial charge in [0.2, 0.25) is 0 Å². The van der Waals surface area contributed by atoms with Gasteiger partial charge in [0, 0.05) is 12.8 Å². The van der Waals surface area contributed by atoms with E-state index in [9.17, 15) is 19.2 Å². The molecule has 1 aromatic carbocycles. The lowest BCUT2D eigenvalue weighted by molar-refractivity contribution is -0.152. The molecule has 0 amide bonds. The van der Waals surface area contributed by atoms with E-state index in [-0.39, 0.29) is 44.0 Å². The third-order valence-corrected chi connectivity index (χ3v) is 4.79. The molecule has 10 nitrogen and oxygen atoms in total. The van der Waals surface area contributed by atoms with E-state index in [4.69, 9.17) is 29.4 Å². The van der Waals surface area contributed by atoms with Crippen molar-refractivity contribution in [3.8, 4) is 11.5 Å². The van der Waals surface area contributed by atoms with Gasteiger partial charge in [0.05, 0.1) is 6.61 Å². The summed E-state index contributed by atoms with van der Waals surface area (Å²) < 4.78 is 25.8. The standard InChI is InChI=1S/C26H39NO9/c1-6-8-23(28)35-21-11-10-19(15-22(21)36-24(29)9-7-2)14-20(27)25(30)34-18(5)16-33-26(31)32-13-12-17(3)4/h10-11,15,17-18,20H,6-9,12-14,16,27H2,1-5H3/t18-,20-/m0/s1. The fourth-order valence-electron chi connectivity index (χ4n) is 2.86. The second-order valence-corrected chi connectivity index (χ2v) is 8.88. The first-order valence-electron chi connectivity index (χ1n) is 12.4. The molecule has 36 heavy (non-hydrogen) atoms. The highest BCUT2D eigenvalue weighted by atomic mass is 16.7. The van der Waals surface area contributed by atoms with E-state index in [1.807, 2.05) is 27.7 Å². The number of esters is 3. The van der Waals surface area contributed by atoms with E-state index < -0.39 is 36.2 Å². The Morgan fingerprint density at radius 1 is 0.889 bits per heavy atom. The summed E-state index contributed by atoms with van der Waals surface area (Å²) in [6.45, 7) is 9.35. The monoisotopic (exact) mass is 509 g/mol. The molecule has 2 atom stereocenters. The van der Waals surface area contributed by atoms with Crippen molar-refractivity contribution in [2.45, 2.75) is 85.3 Å². The lowest BCUT2D eigenvalue weighted by Gasteiger charge is -2.17. The number of nitrogens with two attached hydrogens (primary N) is 1. The van der Waals surface area contributed by atoms with E-state index in [0.29, 0.717) is 24.3 Å². The van der Waals surface area contributed by atoms with Crippen LogP contribution >= 0.6 is 0 Å². The van der Waals surface area contributed by atoms with Crippen LogP contribution in [0.1, 0.15) is 72.3 Å². The first kappa shape index (κ1) is 30.9. The molecule has 2 N–H and O–H groups in total. The predicted molar refractivity (Wildman–Crippen MR) is 132 cm³/mol. The SMILES string of the molecule is CCCC(=O)Oc1ccc(C[C@H](N)C(=O)O[C@@H](C)COC(=O)OCCC(C)C)cc1OC(=O)CCC. The van der Waals surface area contributed by atoms with E-state index >= 15 is 0 Å². The Kier molecular flexibility index (Phi) is 14.2. The third kappa shape index (κ3) is 12.5. The maximum absolute atomic E-state index is 12.4. The van der Waals surface area contributed by atoms with Gasteiger partial charge in [-0.3, -0.25) is 14.4 Å². The molecule has 10 heteroatoms. The van der Waals surface area contributed by atoms with Crippen LogP contribution in [0.25, 0.3) is 0 Å². The lowest BCUT2D eigenvalue weighted by Crippen LogP contribution is -2.37. The van der Waals surface area contributed by atoms with Crippen LogP contribution in [0.2, 0.25) is 0 Å². The van der Waals surface area contributed by atoms with Gasteiger partial charge in [0.15, 0.2) is 11.5 Å². The van der Waals surface area contributed by atoms with Crippen molar-refractivity contribution < 1.29 is 42.9 Å². The molecule has 0 unspecified atom stereocenters. The highest BCUT2D eigenvalue weighted by molar-refractivity contribution is 5.77. The normalized spacial score (nSPS) is 12.4. The summed E-state index contributed by atoms with van der Waals surface area (Å²) in [5, 5.41) is 0. The Morgan fingerprint density at radius 2 is 1.50 bits per heavy atom. The number of rotatable bonds is 15. The Hall–Kier alpha value is -3.14. The van der Waals surface area contributed by atoms with Crippen molar-refractivity contribution in [1.29, 1.82) is 0 Å². The molecule has 1 aromatic rings. The number of hydrogen-bond acceptors (Lipinski definition) is 10. The van der Waals surface area contributed by atoms with Crippen molar-refractivity contribution in [3.63, 3.8) is 0 Å². The molecule has 0 fully saturated rings. The van der Waals surface area contributed by atoms with Crippen LogP contribution in [-0.4, -0.2) is 49.4 Å². The van der Waals surface area contributed by atoms with Crippen LogP contribution in [0.5, 0.6) is 11.5 Å². The first-order valence-corrected chi connectivity index (χ1v) is 12.4. The zero-order chi connectivity index (χ0) is 27.1. The van der Waals surface area contributed by atoms with Gasteiger partial charge in [0.25, 0.3) is 0 Å². The molecular weight excluding hydrogens is 470 g/mol. The van der Waals surface area contributed by atoms with Crippen molar-refractivity contribution in [1.82, 2.24) is 0 Å². The molecule has 0 radical (unpaired) electrons. The maximum Gasteiger partial charge on any atom is 0.508 e. The van der Waals surface area contributed by atoms with Crippen molar-refractivity contribution in [2.75, 3.05) is 13.2 Å². The molecule has 0 aliphatic carbocycles. The molecule has 0 aliphatic rings. The Labute approximate surface area is 212 Å². The number of carbonyl (C=O) groups excluding carboxylic acids is 4. The zero-order valence-electron chi connectivity index (χ0n) is 21.9. The zero-order valence-corrected chi connectivity index (χ0v) is 21.9. The largest absolute Gasteiger partial charge is 0.508 e. The summed E-state index contributed by atoms with van der Waals surface area (Å²) in [6.07, 6.45) is 0.864. The first-order chi connectivity index (χ1) is 17.0. The van der Waals surface area contributed by atoms with Gasteiger partial charge in [-0.2, -0.15) is 0 Å². The Morgan fingerprint density at radius 3 is 2.08 bits per heavy atom. The summed E-state index contributed by atoms with van der Waals surface area (Å²) in [5.41, 5.74) is 6.58. The lowest BCUT2D eigenvalue weighted by atomic mass is 10.1. The van der Waals surface area contributed by atoms with Crippen LogP contribution < -0.4 is 15.2 Å². The second-order valence-electron chi connectivity index (χ2n) is 8.88. The second kappa shape index (κ2) is 16.5. The average Bonchev–Trinajstić information content (AvgIpc) is 2.79.